The maximum Gasteiger partial charge on any atom is 0.250 e. The number of thiophene rings is 1. The summed E-state index contributed by atoms with van der Waals surface area (Å²) in [6.45, 7) is 3.14. The highest BCUT2D eigenvalue weighted by molar-refractivity contribution is 7.91. The highest BCUT2D eigenvalue weighted by atomic mass is 35.5. The average Bonchev–Trinajstić information content (AvgIpc) is 2.90. The number of ether oxygens (including phenoxy) is 1. The van der Waals surface area contributed by atoms with E-state index in [9.17, 15) is 8.42 Å². The van der Waals surface area contributed by atoms with Crippen molar-refractivity contribution in [3.63, 3.8) is 0 Å². The van der Waals surface area contributed by atoms with Crippen LogP contribution < -0.4 is 15.4 Å². The van der Waals surface area contributed by atoms with Gasteiger partial charge in [-0.25, -0.2) is 13.1 Å². The SMILES string of the molecule is CN=C(NCCNS(=O)(=O)c1ccc(Cl)s1)NC(C)COC. The fraction of sp³-hybridized carbons (Fsp3) is 0.583. The summed E-state index contributed by atoms with van der Waals surface area (Å²) in [4.78, 5) is 4.05. The van der Waals surface area contributed by atoms with E-state index in [0.29, 0.717) is 23.4 Å². The zero-order valence-corrected chi connectivity index (χ0v) is 15.1. The van der Waals surface area contributed by atoms with Gasteiger partial charge in [0.2, 0.25) is 10.0 Å². The molecule has 22 heavy (non-hydrogen) atoms. The molecule has 1 aromatic rings. The molecule has 0 amide bonds. The number of rotatable bonds is 8. The number of nitrogens with zero attached hydrogens (tertiary/aromatic N) is 1. The quantitative estimate of drug-likeness (QED) is 0.360. The predicted octanol–water partition coefficient (Wildman–Crippen LogP) is 0.880. The Hall–Kier alpha value is -0.870. The molecule has 7 nitrogen and oxygen atoms in total. The number of sulfonamides is 1. The molecule has 0 fully saturated rings. The van der Waals surface area contributed by atoms with Gasteiger partial charge in [-0.15, -0.1) is 11.3 Å². The molecule has 0 saturated heterocycles. The fourth-order valence-corrected chi connectivity index (χ4v) is 4.16. The van der Waals surface area contributed by atoms with Crippen LogP contribution in [0.25, 0.3) is 0 Å². The molecule has 1 rings (SSSR count). The van der Waals surface area contributed by atoms with Gasteiger partial charge in [0, 0.05) is 33.3 Å². The third-order valence-electron chi connectivity index (χ3n) is 2.55. The van der Waals surface area contributed by atoms with E-state index in [-0.39, 0.29) is 16.8 Å². The summed E-state index contributed by atoms with van der Waals surface area (Å²) < 4.78 is 32.1. The third-order valence-corrected chi connectivity index (χ3v) is 5.73. The molecule has 0 radical (unpaired) electrons. The summed E-state index contributed by atoms with van der Waals surface area (Å²) in [5.41, 5.74) is 0. The maximum atomic E-state index is 12.0. The molecule has 0 spiro atoms. The lowest BCUT2D eigenvalue weighted by Crippen LogP contribution is -2.46. The molecule has 1 aromatic heterocycles. The average molecular weight is 369 g/mol. The minimum absolute atomic E-state index is 0.0983. The lowest BCUT2D eigenvalue weighted by atomic mass is 10.4. The predicted molar refractivity (Wildman–Crippen MR) is 90.4 cm³/mol. The van der Waals surface area contributed by atoms with Crippen LogP contribution >= 0.6 is 22.9 Å². The molecule has 1 heterocycles. The van der Waals surface area contributed by atoms with E-state index in [0.717, 1.165) is 11.3 Å². The Morgan fingerprint density at radius 1 is 1.45 bits per heavy atom. The molecule has 0 bridgehead atoms. The molecule has 126 valence electrons. The first-order valence-corrected chi connectivity index (χ1v) is 9.28. The van der Waals surface area contributed by atoms with Gasteiger partial charge in [-0.2, -0.15) is 0 Å². The second-order valence-electron chi connectivity index (χ2n) is 4.46. The molecule has 0 saturated carbocycles. The number of methoxy groups -OCH3 is 1. The van der Waals surface area contributed by atoms with Gasteiger partial charge in [0.25, 0.3) is 0 Å². The molecule has 1 unspecified atom stereocenters. The largest absolute Gasteiger partial charge is 0.383 e. The summed E-state index contributed by atoms with van der Waals surface area (Å²) in [5, 5.41) is 6.14. The van der Waals surface area contributed by atoms with Crippen molar-refractivity contribution in [3.05, 3.63) is 16.5 Å². The summed E-state index contributed by atoms with van der Waals surface area (Å²) in [7, 11) is -0.241. The number of hydrogen-bond donors (Lipinski definition) is 3. The van der Waals surface area contributed by atoms with Crippen LogP contribution in [0, 0.1) is 0 Å². The number of guanidine groups is 1. The van der Waals surface area contributed by atoms with Gasteiger partial charge in [0.15, 0.2) is 5.96 Å². The van der Waals surface area contributed by atoms with E-state index in [1.165, 1.54) is 6.07 Å². The van der Waals surface area contributed by atoms with Crippen molar-refractivity contribution in [2.75, 3.05) is 33.9 Å². The van der Waals surface area contributed by atoms with Crippen molar-refractivity contribution < 1.29 is 13.2 Å². The first-order chi connectivity index (χ1) is 10.4. The molecular formula is C12H21ClN4O3S2. The summed E-state index contributed by atoms with van der Waals surface area (Å²) in [5.74, 6) is 0.586. The third kappa shape index (κ3) is 6.49. The van der Waals surface area contributed by atoms with Crippen molar-refractivity contribution in [3.8, 4) is 0 Å². The van der Waals surface area contributed by atoms with Gasteiger partial charge in [-0.3, -0.25) is 4.99 Å². The van der Waals surface area contributed by atoms with E-state index in [4.69, 9.17) is 16.3 Å². The van der Waals surface area contributed by atoms with Crippen LogP contribution in [0.3, 0.4) is 0 Å². The topological polar surface area (TPSA) is 91.8 Å². The van der Waals surface area contributed by atoms with Crippen LogP contribution in [0.4, 0.5) is 0 Å². The molecule has 1 atom stereocenters. The Labute approximate surface area is 140 Å². The summed E-state index contributed by atoms with van der Waals surface area (Å²) in [6, 6.07) is 3.14. The molecular weight excluding hydrogens is 348 g/mol. The molecule has 10 heteroatoms. The molecule has 0 aliphatic rings. The molecule has 0 aliphatic heterocycles. The number of hydrogen-bond acceptors (Lipinski definition) is 5. The minimum atomic E-state index is -3.51. The normalized spacial score (nSPS) is 13.9. The van der Waals surface area contributed by atoms with Gasteiger partial charge in [0.1, 0.15) is 4.21 Å². The van der Waals surface area contributed by atoms with Crippen LogP contribution in [0.5, 0.6) is 0 Å². The Bertz CT molecular complexity index is 589. The van der Waals surface area contributed by atoms with Crippen LogP contribution in [-0.4, -0.2) is 54.3 Å². The van der Waals surface area contributed by atoms with Gasteiger partial charge in [-0.1, -0.05) is 11.6 Å². The lowest BCUT2D eigenvalue weighted by molar-refractivity contribution is 0.179. The van der Waals surface area contributed by atoms with Crippen molar-refractivity contribution in [1.29, 1.82) is 0 Å². The van der Waals surface area contributed by atoms with Gasteiger partial charge in [-0.05, 0) is 19.1 Å². The zero-order valence-electron chi connectivity index (χ0n) is 12.7. The van der Waals surface area contributed by atoms with Gasteiger partial charge >= 0.3 is 0 Å². The number of nitrogens with one attached hydrogen (secondary N) is 3. The Kier molecular flexibility index (Phi) is 8.12. The Morgan fingerprint density at radius 3 is 2.73 bits per heavy atom. The lowest BCUT2D eigenvalue weighted by Gasteiger charge is -2.17. The van der Waals surface area contributed by atoms with Crippen LogP contribution in [0.2, 0.25) is 4.34 Å². The zero-order chi connectivity index (χ0) is 16.6. The van der Waals surface area contributed by atoms with Crippen molar-refractivity contribution >= 4 is 38.9 Å². The molecule has 0 aliphatic carbocycles. The fourth-order valence-electron chi connectivity index (χ4n) is 1.60. The van der Waals surface area contributed by atoms with Gasteiger partial charge < -0.3 is 15.4 Å². The van der Waals surface area contributed by atoms with Crippen molar-refractivity contribution in [2.24, 2.45) is 4.99 Å². The van der Waals surface area contributed by atoms with E-state index >= 15 is 0 Å². The minimum Gasteiger partial charge on any atom is -0.383 e. The molecule has 3 N–H and O–H groups in total. The monoisotopic (exact) mass is 368 g/mol. The summed E-state index contributed by atoms with van der Waals surface area (Å²) >= 11 is 6.76. The van der Waals surface area contributed by atoms with E-state index in [1.807, 2.05) is 6.92 Å². The summed E-state index contributed by atoms with van der Waals surface area (Å²) in [6.07, 6.45) is 0. The maximum absolute atomic E-state index is 12.0. The van der Waals surface area contributed by atoms with Gasteiger partial charge in [0.05, 0.1) is 10.9 Å². The second kappa shape index (κ2) is 9.31. The van der Waals surface area contributed by atoms with Crippen LogP contribution in [0.15, 0.2) is 21.3 Å². The highest BCUT2D eigenvalue weighted by Gasteiger charge is 2.15. The smallest absolute Gasteiger partial charge is 0.250 e. The van der Waals surface area contributed by atoms with E-state index in [1.54, 1.807) is 20.2 Å². The van der Waals surface area contributed by atoms with E-state index in [2.05, 4.69) is 20.3 Å². The number of halogens is 1. The highest BCUT2D eigenvalue weighted by Crippen LogP contribution is 2.24. The Morgan fingerprint density at radius 2 is 2.18 bits per heavy atom. The van der Waals surface area contributed by atoms with Crippen LogP contribution in [-0.2, 0) is 14.8 Å². The standard InChI is InChI=1S/C12H21ClN4O3S2/c1-9(8-20-3)17-12(14-2)15-6-7-16-22(18,19)11-5-4-10(13)21-11/h4-5,9,16H,6-8H2,1-3H3,(H2,14,15,17). The first kappa shape index (κ1) is 19.2. The van der Waals surface area contributed by atoms with Crippen molar-refractivity contribution in [1.82, 2.24) is 15.4 Å². The van der Waals surface area contributed by atoms with Crippen LogP contribution in [0.1, 0.15) is 6.92 Å². The Balaban J connectivity index is 2.37. The van der Waals surface area contributed by atoms with Crippen molar-refractivity contribution in [2.45, 2.75) is 17.2 Å². The van der Waals surface area contributed by atoms with E-state index < -0.39 is 10.0 Å². The first-order valence-electron chi connectivity index (χ1n) is 6.60. The second-order valence-corrected chi connectivity index (χ2v) is 8.16. The number of aliphatic imine (C=N–C) groups is 1. The molecule has 0 aromatic carbocycles.